The quantitative estimate of drug-likeness (QED) is 0.833. The largest absolute Gasteiger partial charge is 0.386 e. The zero-order valence-electron chi connectivity index (χ0n) is 9.54. The predicted octanol–water partition coefficient (Wildman–Crippen LogP) is 0.913. The number of aliphatic hydroxyl groups excluding tert-OH is 1. The molecule has 2 aromatic heterocycles. The van der Waals surface area contributed by atoms with Gasteiger partial charge in [0.15, 0.2) is 0 Å². The molecule has 86 valence electrons. The number of aromatic nitrogens is 4. The lowest BCUT2D eigenvalue weighted by Crippen LogP contribution is -2.10. The minimum atomic E-state index is -0.544. The van der Waals surface area contributed by atoms with Crippen molar-refractivity contribution in [3.8, 4) is 0 Å². The molecule has 0 fully saturated rings. The summed E-state index contributed by atoms with van der Waals surface area (Å²) in [6.07, 6.45) is 3.56. The summed E-state index contributed by atoms with van der Waals surface area (Å²) in [4.78, 5) is 0. The lowest BCUT2D eigenvalue weighted by Gasteiger charge is -2.10. The van der Waals surface area contributed by atoms with Crippen molar-refractivity contribution in [2.45, 2.75) is 26.0 Å². The molecule has 0 radical (unpaired) electrons. The summed E-state index contributed by atoms with van der Waals surface area (Å²) in [6, 6.07) is 3.76. The van der Waals surface area contributed by atoms with Gasteiger partial charge in [-0.1, -0.05) is 0 Å². The summed E-state index contributed by atoms with van der Waals surface area (Å²) in [5.74, 6) is 0. The molecule has 0 saturated carbocycles. The lowest BCUT2D eigenvalue weighted by atomic mass is 10.1. The van der Waals surface area contributed by atoms with Gasteiger partial charge in [-0.25, -0.2) is 0 Å². The smallest absolute Gasteiger partial charge is 0.101 e. The van der Waals surface area contributed by atoms with Crippen molar-refractivity contribution in [1.29, 1.82) is 0 Å². The van der Waals surface area contributed by atoms with Crippen LogP contribution in [-0.4, -0.2) is 24.7 Å². The summed E-state index contributed by atoms with van der Waals surface area (Å²) < 4.78 is 3.53. The molecule has 0 amide bonds. The average molecular weight is 220 g/mol. The van der Waals surface area contributed by atoms with E-state index in [2.05, 4.69) is 10.2 Å². The fraction of sp³-hybridized carbons (Fsp3) is 0.455. The van der Waals surface area contributed by atoms with Gasteiger partial charge in [0.25, 0.3) is 0 Å². The lowest BCUT2D eigenvalue weighted by molar-refractivity contribution is 0.165. The maximum Gasteiger partial charge on any atom is 0.101 e. The van der Waals surface area contributed by atoms with E-state index in [-0.39, 0.29) is 0 Å². The van der Waals surface area contributed by atoms with Crippen LogP contribution in [0.25, 0.3) is 0 Å². The van der Waals surface area contributed by atoms with Gasteiger partial charge in [-0.05, 0) is 19.1 Å². The summed E-state index contributed by atoms with van der Waals surface area (Å²) >= 11 is 0. The Balaban J connectivity index is 2.11. The third-order valence-corrected chi connectivity index (χ3v) is 2.56. The highest BCUT2D eigenvalue weighted by atomic mass is 16.3. The van der Waals surface area contributed by atoms with Crippen molar-refractivity contribution in [2.75, 3.05) is 0 Å². The molecule has 1 unspecified atom stereocenters. The van der Waals surface area contributed by atoms with Gasteiger partial charge < -0.3 is 5.11 Å². The highest BCUT2D eigenvalue weighted by Crippen LogP contribution is 2.16. The minimum Gasteiger partial charge on any atom is -0.386 e. The van der Waals surface area contributed by atoms with Crippen molar-refractivity contribution < 1.29 is 5.11 Å². The van der Waals surface area contributed by atoms with E-state index < -0.39 is 6.10 Å². The molecule has 2 heterocycles. The first kappa shape index (κ1) is 10.9. The number of aryl methyl sites for hydroxylation is 2. The Hall–Kier alpha value is -1.62. The third-order valence-electron chi connectivity index (χ3n) is 2.56. The Bertz CT molecular complexity index is 460. The van der Waals surface area contributed by atoms with Crippen LogP contribution in [0.5, 0.6) is 0 Å². The number of rotatable bonds is 4. The van der Waals surface area contributed by atoms with Crippen molar-refractivity contribution >= 4 is 0 Å². The van der Waals surface area contributed by atoms with Crippen LogP contribution in [0.15, 0.2) is 24.5 Å². The van der Waals surface area contributed by atoms with Gasteiger partial charge in [-0.3, -0.25) is 9.36 Å². The summed E-state index contributed by atoms with van der Waals surface area (Å²) in [5.41, 5.74) is 1.73. The van der Waals surface area contributed by atoms with Crippen LogP contribution in [0, 0.1) is 0 Å². The van der Waals surface area contributed by atoms with E-state index >= 15 is 0 Å². The van der Waals surface area contributed by atoms with E-state index in [1.807, 2.05) is 32.3 Å². The molecule has 0 bridgehead atoms. The number of hydrogen-bond donors (Lipinski definition) is 1. The third kappa shape index (κ3) is 2.14. The first-order valence-electron chi connectivity index (χ1n) is 5.39. The zero-order valence-corrected chi connectivity index (χ0v) is 9.54. The molecule has 0 aliphatic heterocycles. The summed E-state index contributed by atoms with van der Waals surface area (Å²) in [6.45, 7) is 2.77. The molecule has 2 aromatic rings. The van der Waals surface area contributed by atoms with Gasteiger partial charge >= 0.3 is 0 Å². The van der Waals surface area contributed by atoms with Crippen LogP contribution in [-0.2, 0) is 20.0 Å². The first-order chi connectivity index (χ1) is 7.70. The van der Waals surface area contributed by atoms with E-state index in [1.54, 1.807) is 15.6 Å². The number of nitrogens with zero attached hydrogens (tertiary/aromatic N) is 4. The van der Waals surface area contributed by atoms with Crippen LogP contribution in [0.1, 0.15) is 24.4 Å². The van der Waals surface area contributed by atoms with Gasteiger partial charge in [0.05, 0.1) is 11.4 Å². The standard InChI is InChI=1S/C11H16N4O/c1-3-15-10(4-6-12-15)11(16)8-9-5-7-14(2)13-9/h4-7,11,16H,3,8H2,1-2H3. The Morgan fingerprint density at radius 2 is 2.25 bits per heavy atom. The topological polar surface area (TPSA) is 55.9 Å². The van der Waals surface area contributed by atoms with Crippen LogP contribution in [0.2, 0.25) is 0 Å². The van der Waals surface area contributed by atoms with Gasteiger partial charge in [-0.15, -0.1) is 0 Å². The van der Waals surface area contributed by atoms with Crippen molar-refractivity contribution in [3.05, 3.63) is 35.9 Å². The highest BCUT2D eigenvalue weighted by Gasteiger charge is 2.14. The Labute approximate surface area is 94.3 Å². The van der Waals surface area contributed by atoms with E-state index in [1.165, 1.54) is 0 Å². The SMILES string of the molecule is CCn1nccc1C(O)Cc1ccn(C)n1. The molecule has 1 N–H and O–H groups in total. The monoisotopic (exact) mass is 220 g/mol. The maximum atomic E-state index is 10.1. The molecular weight excluding hydrogens is 204 g/mol. The molecule has 5 heteroatoms. The first-order valence-corrected chi connectivity index (χ1v) is 5.39. The van der Waals surface area contributed by atoms with Crippen molar-refractivity contribution in [2.24, 2.45) is 7.05 Å². The molecule has 0 saturated heterocycles. The summed E-state index contributed by atoms with van der Waals surface area (Å²) in [5, 5.41) is 18.5. The summed E-state index contributed by atoms with van der Waals surface area (Å²) in [7, 11) is 1.87. The second-order valence-electron chi connectivity index (χ2n) is 3.77. The molecule has 2 rings (SSSR count). The highest BCUT2D eigenvalue weighted by molar-refractivity contribution is 5.09. The molecule has 1 atom stereocenters. The molecule has 5 nitrogen and oxygen atoms in total. The predicted molar refractivity (Wildman–Crippen MR) is 59.8 cm³/mol. The maximum absolute atomic E-state index is 10.1. The number of aliphatic hydroxyl groups is 1. The van der Waals surface area contributed by atoms with E-state index in [9.17, 15) is 5.11 Å². The van der Waals surface area contributed by atoms with Gasteiger partial charge in [0.2, 0.25) is 0 Å². The van der Waals surface area contributed by atoms with E-state index in [0.717, 1.165) is 17.9 Å². The fourth-order valence-corrected chi connectivity index (χ4v) is 1.76. The fourth-order valence-electron chi connectivity index (χ4n) is 1.76. The minimum absolute atomic E-state index is 0.520. The van der Waals surface area contributed by atoms with Crippen LogP contribution in [0.3, 0.4) is 0 Å². The number of hydrogen-bond acceptors (Lipinski definition) is 3. The van der Waals surface area contributed by atoms with Gasteiger partial charge in [-0.2, -0.15) is 10.2 Å². The Morgan fingerprint density at radius 3 is 2.88 bits per heavy atom. The van der Waals surface area contributed by atoms with Crippen molar-refractivity contribution in [1.82, 2.24) is 19.6 Å². The molecule has 0 aliphatic carbocycles. The van der Waals surface area contributed by atoms with Crippen LogP contribution < -0.4 is 0 Å². The molecule has 0 aromatic carbocycles. The van der Waals surface area contributed by atoms with E-state index in [0.29, 0.717) is 6.42 Å². The van der Waals surface area contributed by atoms with Gasteiger partial charge in [0.1, 0.15) is 6.10 Å². The van der Waals surface area contributed by atoms with Crippen molar-refractivity contribution in [3.63, 3.8) is 0 Å². The van der Waals surface area contributed by atoms with Gasteiger partial charge in [0, 0.05) is 32.4 Å². The van der Waals surface area contributed by atoms with Crippen LogP contribution >= 0.6 is 0 Å². The Morgan fingerprint density at radius 1 is 1.44 bits per heavy atom. The average Bonchev–Trinajstić information content (AvgIpc) is 2.86. The molecule has 0 aliphatic rings. The molecular formula is C11H16N4O. The zero-order chi connectivity index (χ0) is 11.5. The van der Waals surface area contributed by atoms with E-state index in [4.69, 9.17) is 0 Å². The second-order valence-corrected chi connectivity index (χ2v) is 3.77. The van der Waals surface area contributed by atoms with Crippen LogP contribution in [0.4, 0.5) is 0 Å². The molecule has 16 heavy (non-hydrogen) atoms. The second kappa shape index (κ2) is 4.49. The normalized spacial score (nSPS) is 12.9. The Kier molecular flexibility index (Phi) is 3.05. The molecule has 0 spiro atoms.